The van der Waals surface area contributed by atoms with E-state index in [-0.39, 0.29) is 15.8 Å². The van der Waals surface area contributed by atoms with Crippen LogP contribution in [0.1, 0.15) is 15.9 Å². The second-order valence-corrected chi connectivity index (χ2v) is 8.06. The zero-order valence-electron chi connectivity index (χ0n) is 17.7. The SMILES string of the molecule is COc1cccc(-n2c(=C(C#N)C(=O)c3ccc(F)cc3)sc(=Cc3cnn(C)c3)c2=O)c1. The second-order valence-electron chi connectivity index (χ2n) is 7.03. The van der Waals surface area contributed by atoms with Crippen molar-refractivity contribution >= 4 is 28.8 Å². The number of carbonyl (C=O) groups is 1. The summed E-state index contributed by atoms with van der Waals surface area (Å²) in [5.74, 6) is -0.594. The van der Waals surface area contributed by atoms with E-state index in [0.29, 0.717) is 21.5 Å². The average Bonchev–Trinajstić information content (AvgIpc) is 3.37. The van der Waals surface area contributed by atoms with Crippen LogP contribution >= 0.6 is 11.3 Å². The molecule has 9 heteroatoms. The largest absolute Gasteiger partial charge is 0.497 e. The molecule has 0 N–H and O–H groups in total. The number of carbonyl (C=O) groups excluding carboxylic acids is 1. The Kier molecular flexibility index (Phi) is 6.02. The van der Waals surface area contributed by atoms with E-state index in [2.05, 4.69) is 5.10 Å². The van der Waals surface area contributed by atoms with Gasteiger partial charge in [-0.15, -0.1) is 11.3 Å². The minimum Gasteiger partial charge on any atom is -0.497 e. The number of aryl methyl sites for hydroxylation is 1. The number of aromatic nitrogens is 3. The van der Waals surface area contributed by atoms with Crippen molar-refractivity contribution in [2.45, 2.75) is 0 Å². The van der Waals surface area contributed by atoms with E-state index < -0.39 is 17.2 Å². The van der Waals surface area contributed by atoms with Gasteiger partial charge in [0.05, 0.1) is 23.5 Å². The molecule has 0 radical (unpaired) electrons. The molecule has 0 atom stereocenters. The van der Waals surface area contributed by atoms with Crippen LogP contribution in [-0.2, 0) is 7.05 Å². The number of hydrogen-bond acceptors (Lipinski definition) is 6. The van der Waals surface area contributed by atoms with E-state index >= 15 is 0 Å². The molecule has 0 saturated carbocycles. The van der Waals surface area contributed by atoms with E-state index in [1.54, 1.807) is 54.5 Å². The summed E-state index contributed by atoms with van der Waals surface area (Å²) in [5, 5.41) is 14.0. The highest BCUT2D eigenvalue weighted by Crippen LogP contribution is 2.15. The number of rotatable bonds is 5. The van der Waals surface area contributed by atoms with Crippen LogP contribution in [0.3, 0.4) is 0 Å². The number of methoxy groups -OCH3 is 1. The van der Waals surface area contributed by atoms with Crippen LogP contribution < -0.4 is 19.5 Å². The van der Waals surface area contributed by atoms with E-state index in [1.807, 2.05) is 6.07 Å². The van der Waals surface area contributed by atoms with Gasteiger partial charge < -0.3 is 4.74 Å². The number of Topliss-reactive ketones (excluding diaryl/α,β-unsaturated/α-hetero) is 1. The number of halogens is 1. The van der Waals surface area contributed by atoms with E-state index in [4.69, 9.17) is 4.74 Å². The van der Waals surface area contributed by atoms with Gasteiger partial charge in [-0.05, 0) is 42.5 Å². The first kappa shape index (κ1) is 21.9. The maximum absolute atomic E-state index is 13.4. The smallest absolute Gasteiger partial charge is 0.273 e. The summed E-state index contributed by atoms with van der Waals surface area (Å²) in [6.45, 7) is 0. The molecular weight excluding hydrogens is 443 g/mol. The molecule has 0 aliphatic rings. The summed E-state index contributed by atoms with van der Waals surface area (Å²) in [4.78, 5) is 26.6. The Morgan fingerprint density at radius 1 is 1.24 bits per heavy atom. The number of ketones is 1. The molecule has 0 fully saturated rings. The Morgan fingerprint density at radius 2 is 2.00 bits per heavy atom. The molecule has 33 heavy (non-hydrogen) atoms. The molecule has 4 aromatic rings. The number of hydrogen-bond donors (Lipinski definition) is 0. The average molecular weight is 460 g/mol. The predicted octanol–water partition coefficient (Wildman–Crippen LogP) is 2.17. The summed E-state index contributed by atoms with van der Waals surface area (Å²) in [7, 11) is 3.26. The molecule has 7 nitrogen and oxygen atoms in total. The van der Waals surface area contributed by atoms with Gasteiger partial charge in [0, 0.05) is 30.4 Å². The molecule has 2 aromatic carbocycles. The molecule has 0 unspecified atom stereocenters. The van der Waals surface area contributed by atoms with Crippen molar-refractivity contribution in [3.8, 4) is 17.5 Å². The Bertz CT molecular complexity index is 1570. The lowest BCUT2D eigenvalue weighted by Gasteiger charge is -2.06. The summed E-state index contributed by atoms with van der Waals surface area (Å²) >= 11 is 1.02. The molecule has 0 aliphatic carbocycles. The van der Waals surface area contributed by atoms with Crippen LogP contribution in [0.15, 0.2) is 65.7 Å². The molecule has 164 valence electrons. The van der Waals surface area contributed by atoms with Crippen molar-refractivity contribution in [2.24, 2.45) is 7.05 Å². The molecule has 0 saturated heterocycles. The first-order valence-corrected chi connectivity index (χ1v) is 10.5. The second kappa shape index (κ2) is 9.06. The lowest BCUT2D eigenvalue weighted by Crippen LogP contribution is -2.31. The summed E-state index contributed by atoms with van der Waals surface area (Å²) in [5.41, 5.74) is 0.660. The maximum Gasteiger partial charge on any atom is 0.273 e. The summed E-state index contributed by atoms with van der Waals surface area (Å²) < 4.78 is 22.0. The Morgan fingerprint density at radius 3 is 2.64 bits per heavy atom. The van der Waals surface area contributed by atoms with Crippen molar-refractivity contribution in [1.29, 1.82) is 5.26 Å². The number of ether oxygens (including phenoxy) is 1. The molecule has 2 heterocycles. The van der Waals surface area contributed by atoms with Crippen LogP contribution in [0.25, 0.3) is 17.3 Å². The van der Waals surface area contributed by atoms with Gasteiger partial charge in [0.25, 0.3) is 5.56 Å². The number of nitriles is 1. The Labute approximate surface area is 191 Å². The van der Waals surface area contributed by atoms with Crippen LogP contribution in [0.5, 0.6) is 5.75 Å². The first-order valence-electron chi connectivity index (χ1n) is 9.72. The maximum atomic E-state index is 13.4. The van der Waals surface area contributed by atoms with E-state index in [0.717, 1.165) is 23.5 Å². The van der Waals surface area contributed by atoms with Crippen molar-refractivity contribution < 1.29 is 13.9 Å². The van der Waals surface area contributed by atoms with Crippen LogP contribution in [0.2, 0.25) is 0 Å². The summed E-state index contributed by atoms with van der Waals surface area (Å²) in [6, 6.07) is 13.6. The van der Waals surface area contributed by atoms with Crippen molar-refractivity contribution in [2.75, 3.05) is 7.11 Å². The van der Waals surface area contributed by atoms with Gasteiger partial charge in [-0.2, -0.15) is 10.4 Å². The monoisotopic (exact) mass is 460 g/mol. The van der Waals surface area contributed by atoms with Gasteiger partial charge >= 0.3 is 0 Å². The molecule has 0 bridgehead atoms. The highest BCUT2D eigenvalue weighted by atomic mass is 32.1. The third-order valence-electron chi connectivity index (χ3n) is 4.82. The van der Waals surface area contributed by atoms with Gasteiger partial charge in [-0.1, -0.05) is 6.07 Å². The topological polar surface area (TPSA) is 89.9 Å². The predicted molar refractivity (Wildman–Crippen MR) is 122 cm³/mol. The molecule has 0 spiro atoms. The zero-order chi connectivity index (χ0) is 23.5. The Hall–Kier alpha value is -4.29. The third-order valence-corrected chi connectivity index (χ3v) is 5.91. The van der Waals surface area contributed by atoms with Crippen molar-refractivity contribution in [1.82, 2.24) is 14.3 Å². The van der Waals surface area contributed by atoms with E-state index in [1.165, 1.54) is 23.8 Å². The molecule has 4 rings (SSSR count). The fourth-order valence-corrected chi connectivity index (χ4v) is 4.34. The minimum atomic E-state index is -0.608. The van der Waals surface area contributed by atoms with Gasteiger partial charge in [-0.25, -0.2) is 4.39 Å². The molecule has 2 aromatic heterocycles. The van der Waals surface area contributed by atoms with Crippen molar-refractivity contribution in [3.63, 3.8) is 0 Å². The van der Waals surface area contributed by atoms with Crippen LogP contribution in [-0.4, -0.2) is 27.2 Å². The number of nitrogens with zero attached hydrogens (tertiary/aromatic N) is 4. The molecule has 0 aliphatic heterocycles. The molecular formula is C24H17FN4O3S. The third kappa shape index (κ3) is 4.37. The lowest BCUT2D eigenvalue weighted by atomic mass is 10.1. The van der Waals surface area contributed by atoms with Crippen LogP contribution in [0, 0.1) is 17.1 Å². The van der Waals surface area contributed by atoms with Gasteiger partial charge in [0.15, 0.2) is 0 Å². The normalized spacial score (nSPS) is 12.4. The zero-order valence-corrected chi connectivity index (χ0v) is 18.5. The molecule has 0 amide bonds. The number of thiazole rings is 1. The fourth-order valence-electron chi connectivity index (χ4n) is 3.24. The quantitative estimate of drug-likeness (QED) is 0.426. The minimum absolute atomic E-state index is 0.142. The highest BCUT2D eigenvalue weighted by molar-refractivity contribution is 7.07. The van der Waals surface area contributed by atoms with Gasteiger partial charge in [-0.3, -0.25) is 18.8 Å². The first-order chi connectivity index (χ1) is 15.9. The van der Waals surface area contributed by atoms with Gasteiger partial charge in [0.1, 0.15) is 27.9 Å². The number of benzene rings is 2. The lowest BCUT2D eigenvalue weighted by molar-refractivity contribution is 0.105. The van der Waals surface area contributed by atoms with Crippen LogP contribution in [0.4, 0.5) is 4.39 Å². The van der Waals surface area contributed by atoms with Crippen molar-refractivity contribution in [3.05, 3.63) is 97.4 Å². The van der Waals surface area contributed by atoms with Gasteiger partial charge in [0.2, 0.25) is 5.78 Å². The fraction of sp³-hybridized carbons (Fsp3) is 0.0833. The standard InChI is InChI=1S/C24H17FN4O3S/c1-28-14-15(13-27-28)10-21-23(31)29(18-4-3-5-19(11-18)32-2)24(33-21)20(12-26)22(30)16-6-8-17(25)9-7-16/h3-11,13-14H,1-2H3. The van der Waals surface area contributed by atoms with E-state index in [9.17, 15) is 19.2 Å². The summed E-state index contributed by atoms with van der Waals surface area (Å²) in [6.07, 6.45) is 5.00. The Balaban J connectivity index is 2.05. The highest BCUT2D eigenvalue weighted by Gasteiger charge is 2.19.